The van der Waals surface area contributed by atoms with Crippen molar-refractivity contribution in [1.29, 1.82) is 0 Å². The van der Waals surface area contributed by atoms with E-state index in [-0.39, 0.29) is 5.56 Å². The molecule has 3 rings (SSSR count). The summed E-state index contributed by atoms with van der Waals surface area (Å²) in [4.78, 5) is 12.1. The van der Waals surface area contributed by atoms with Crippen LogP contribution in [0.4, 0.5) is 5.69 Å². The van der Waals surface area contributed by atoms with Gasteiger partial charge in [0.25, 0.3) is 5.56 Å². The molecule has 0 bridgehead atoms. The van der Waals surface area contributed by atoms with Crippen LogP contribution in [0.15, 0.2) is 35.1 Å². The zero-order valence-electron chi connectivity index (χ0n) is 12.1. The van der Waals surface area contributed by atoms with Gasteiger partial charge in [-0.2, -0.15) is 5.10 Å². The molecule has 110 valence electrons. The summed E-state index contributed by atoms with van der Waals surface area (Å²) in [6.07, 6.45) is 2.78. The van der Waals surface area contributed by atoms with E-state index < -0.39 is 0 Å². The van der Waals surface area contributed by atoms with Crippen LogP contribution >= 0.6 is 0 Å². The van der Waals surface area contributed by atoms with Crippen molar-refractivity contribution in [3.8, 4) is 5.75 Å². The summed E-state index contributed by atoms with van der Waals surface area (Å²) in [6.45, 7) is 1.52. The quantitative estimate of drug-likeness (QED) is 0.931. The second-order valence-corrected chi connectivity index (χ2v) is 5.19. The molecule has 2 heterocycles. The van der Waals surface area contributed by atoms with Crippen molar-refractivity contribution in [3.05, 3.63) is 51.9 Å². The molecular formula is C16H19N3O2. The molecule has 0 spiro atoms. The molecule has 0 unspecified atom stereocenters. The number of aromatic nitrogens is 2. The highest BCUT2D eigenvalue weighted by Crippen LogP contribution is 2.17. The number of hydrogen-bond donors (Lipinski definition) is 1. The Morgan fingerprint density at radius 1 is 1.33 bits per heavy atom. The van der Waals surface area contributed by atoms with Crippen LogP contribution in [-0.4, -0.2) is 23.4 Å². The van der Waals surface area contributed by atoms with E-state index in [0.717, 1.165) is 42.9 Å². The molecule has 5 heteroatoms. The minimum absolute atomic E-state index is 0.0448. The predicted octanol–water partition coefficient (Wildman–Crippen LogP) is 1.85. The SMILES string of the molecule is COc1ccc(CCn2nc3c(cc2=O)NCCC3)cc1. The second kappa shape index (κ2) is 5.99. The van der Waals surface area contributed by atoms with Crippen molar-refractivity contribution in [2.75, 3.05) is 19.0 Å². The molecule has 1 aliphatic rings. The van der Waals surface area contributed by atoms with Gasteiger partial charge in [0.2, 0.25) is 0 Å². The zero-order valence-corrected chi connectivity index (χ0v) is 12.1. The number of methoxy groups -OCH3 is 1. The average Bonchev–Trinajstić information content (AvgIpc) is 2.53. The number of nitrogens with one attached hydrogen (secondary N) is 1. The number of ether oxygens (including phenoxy) is 1. The van der Waals surface area contributed by atoms with Crippen LogP contribution < -0.4 is 15.6 Å². The number of fused-ring (bicyclic) bond motifs is 1. The topological polar surface area (TPSA) is 56.2 Å². The number of hydrogen-bond acceptors (Lipinski definition) is 4. The molecule has 5 nitrogen and oxygen atoms in total. The fourth-order valence-electron chi connectivity index (χ4n) is 2.53. The van der Waals surface area contributed by atoms with Gasteiger partial charge < -0.3 is 10.1 Å². The van der Waals surface area contributed by atoms with Crippen molar-refractivity contribution in [3.63, 3.8) is 0 Å². The van der Waals surface area contributed by atoms with Crippen LogP contribution in [0.1, 0.15) is 17.7 Å². The minimum Gasteiger partial charge on any atom is -0.497 e. The Hall–Kier alpha value is -2.30. The van der Waals surface area contributed by atoms with E-state index in [1.54, 1.807) is 17.9 Å². The van der Waals surface area contributed by atoms with E-state index in [4.69, 9.17) is 4.74 Å². The molecule has 21 heavy (non-hydrogen) atoms. The molecule has 0 saturated heterocycles. The number of anilines is 1. The lowest BCUT2D eigenvalue weighted by Gasteiger charge is -2.17. The molecule has 0 aliphatic carbocycles. The Morgan fingerprint density at radius 3 is 2.90 bits per heavy atom. The summed E-state index contributed by atoms with van der Waals surface area (Å²) in [5.41, 5.74) is 3.01. The highest BCUT2D eigenvalue weighted by atomic mass is 16.5. The van der Waals surface area contributed by atoms with E-state index in [1.165, 1.54) is 5.56 Å². The van der Waals surface area contributed by atoms with Gasteiger partial charge in [0.1, 0.15) is 5.75 Å². The van der Waals surface area contributed by atoms with Crippen LogP contribution in [0, 0.1) is 0 Å². The molecule has 1 aromatic heterocycles. The number of aryl methyl sites for hydroxylation is 3. The summed E-state index contributed by atoms with van der Waals surface area (Å²) in [5.74, 6) is 0.842. The number of benzene rings is 1. The van der Waals surface area contributed by atoms with Crippen LogP contribution in [-0.2, 0) is 19.4 Å². The fraction of sp³-hybridized carbons (Fsp3) is 0.375. The Morgan fingerprint density at radius 2 is 2.14 bits per heavy atom. The fourth-order valence-corrected chi connectivity index (χ4v) is 2.53. The average molecular weight is 285 g/mol. The maximum Gasteiger partial charge on any atom is 0.268 e. The van der Waals surface area contributed by atoms with Gasteiger partial charge in [-0.1, -0.05) is 12.1 Å². The number of nitrogens with zero attached hydrogens (tertiary/aromatic N) is 2. The van der Waals surface area contributed by atoms with Crippen molar-refractivity contribution in [2.24, 2.45) is 0 Å². The Bertz CT molecular complexity index is 677. The summed E-state index contributed by atoms with van der Waals surface area (Å²) in [7, 11) is 1.65. The van der Waals surface area contributed by atoms with Gasteiger partial charge in [-0.25, -0.2) is 4.68 Å². The van der Waals surface area contributed by atoms with Gasteiger partial charge in [0, 0.05) is 19.2 Å². The molecule has 2 aromatic rings. The molecule has 1 N–H and O–H groups in total. The van der Waals surface area contributed by atoms with Gasteiger partial charge in [0.05, 0.1) is 18.5 Å². The van der Waals surface area contributed by atoms with Gasteiger partial charge in [0.15, 0.2) is 0 Å². The first-order chi connectivity index (χ1) is 10.3. The van der Waals surface area contributed by atoms with Crippen LogP contribution in [0.2, 0.25) is 0 Å². The maximum atomic E-state index is 12.1. The van der Waals surface area contributed by atoms with Crippen LogP contribution in [0.3, 0.4) is 0 Å². The largest absolute Gasteiger partial charge is 0.497 e. The van der Waals surface area contributed by atoms with E-state index in [0.29, 0.717) is 6.54 Å². The first-order valence-corrected chi connectivity index (χ1v) is 7.24. The lowest BCUT2D eigenvalue weighted by molar-refractivity contribution is 0.414. The van der Waals surface area contributed by atoms with E-state index in [9.17, 15) is 4.79 Å². The lowest BCUT2D eigenvalue weighted by Crippen LogP contribution is -2.27. The third-order valence-electron chi connectivity index (χ3n) is 3.75. The van der Waals surface area contributed by atoms with E-state index in [1.807, 2.05) is 24.3 Å². The van der Waals surface area contributed by atoms with Crippen molar-refractivity contribution < 1.29 is 4.74 Å². The predicted molar refractivity (Wildman–Crippen MR) is 82.0 cm³/mol. The van der Waals surface area contributed by atoms with Gasteiger partial charge in [-0.15, -0.1) is 0 Å². The smallest absolute Gasteiger partial charge is 0.268 e. The van der Waals surface area contributed by atoms with Crippen LogP contribution in [0.25, 0.3) is 0 Å². The van der Waals surface area contributed by atoms with Crippen molar-refractivity contribution >= 4 is 5.69 Å². The molecule has 0 atom stereocenters. The lowest BCUT2D eigenvalue weighted by atomic mass is 10.1. The highest BCUT2D eigenvalue weighted by Gasteiger charge is 2.12. The molecule has 0 saturated carbocycles. The van der Waals surface area contributed by atoms with Gasteiger partial charge in [-0.3, -0.25) is 4.79 Å². The molecular weight excluding hydrogens is 266 g/mol. The van der Waals surface area contributed by atoms with E-state index >= 15 is 0 Å². The Kier molecular flexibility index (Phi) is 3.90. The Balaban J connectivity index is 1.73. The monoisotopic (exact) mass is 285 g/mol. The van der Waals surface area contributed by atoms with Gasteiger partial charge >= 0.3 is 0 Å². The summed E-state index contributed by atoms with van der Waals surface area (Å²) >= 11 is 0. The normalized spacial score (nSPS) is 13.4. The highest BCUT2D eigenvalue weighted by molar-refractivity contribution is 5.48. The van der Waals surface area contributed by atoms with E-state index in [2.05, 4.69) is 10.4 Å². The van der Waals surface area contributed by atoms with Crippen molar-refractivity contribution in [1.82, 2.24) is 9.78 Å². The molecule has 0 fully saturated rings. The first-order valence-electron chi connectivity index (χ1n) is 7.24. The third kappa shape index (κ3) is 3.07. The minimum atomic E-state index is -0.0448. The van der Waals surface area contributed by atoms with Gasteiger partial charge in [-0.05, 0) is 37.0 Å². The van der Waals surface area contributed by atoms with Crippen LogP contribution in [0.5, 0.6) is 5.75 Å². The standard InChI is InChI=1S/C16H19N3O2/c1-21-13-6-4-12(5-7-13)8-10-19-16(20)11-15-14(18-19)3-2-9-17-15/h4-7,11,17H,2-3,8-10H2,1H3. The molecule has 1 aliphatic heterocycles. The third-order valence-corrected chi connectivity index (χ3v) is 3.75. The summed E-state index contributed by atoms with van der Waals surface area (Å²) in [5, 5.41) is 7.71. The summed E-state index contributed by atoms with van der Waals surface area (Å²) in [6, 6.07) is 9.56. The Labute approximate surface area is 123 Å². The zero-order chi connectivity index (χ0) is 14.7. The second-order valence-electron chi connectivity index (χ2n) is 5.19. The summed E-state index contributed by atoms with van der Waals surface area (Å²) < 4.78 is 6.70. The van der Waals surface area contributed by atoms with Crippen molar-refractivity contribution in [2.45, 2.75) is 25.8 Å². The number of rotatable bonds is 4. The maximum absolute atomic E-state index is 12.1. The molecule has 0 amide bonds. The molecule has 1 aromatic carbocycles. The first kappa shape index (κ1) is 13.7. The molecule has 0 radical (unpaired) electrons.